The average molecular weight is 422 g/mol. The molecule has 2 aromatic rings. The van der Waals surface area contributed by atoms with Gasteiger partial charge in [0, 0.05) is 16.1 Å². The predicted molar refractivity (Wildman–Crippen MR) is 94.6 cm³/mol. The fourth-order valence-corrected chi connectivity index (χ4v) is 2.69. The number of nitrogens with one attached hydrogen (secondary N) is 1. The van der Waals surface area contributed by atoms with E-state index in [0.717, 1.165) is 12.3 Å². The number of carbonyl (C=O) groups excluding carboxylic acids is 1. The highest BCUT2D eigenvalue weighted by molar-refractivity contribution is 9.10. The maximum absolute atomic E-state index is 12.1. The van der Waals surface area contributed by atoms with Gasteiger partial charge in [-0.3, -0.25) is 14.9 Å². The van der Waals surface area contributed by atoms with Crippen molar-refractivity contribution < 1.29 is 24.3 Å². The number of ether oxygens (including phenoxy) is 2. The van der Waals surface area contributed by atoms with Crippen molar-refractivity contribution in [2.45, 2.75) is 6.10 Å². The standard InChI is InChI=1S/C16H12BrN3O6/c17-10-5-9(15(21)11(6-10)20(23)24)7-18-19-16(22)14-8-25-12-3-1-2-4-13(12)26-14/h1-7,14,21H,8H2,(H,19,22). The number of hydrazone groups is 1. The number of carbonyl (C=O) groups is 1. The number of nitro groups is 1. The highest BCUT2D eigenvalue weighted by atomic mass is 79.9. The average Bonchev–Trinajstić information content (AvgIpc) is 2.63. The number of rotatable bonds is 4. The third-order valence-corrected chi connectivity index (χ3v) is 3.92. The Bertz CT molecular complexity index is 902. The third kappa shape index (κ3) is 3.75. The molecule has 2 aromatic carbocycles. The number of phenols is 1. The van der Waals surface area contributed by atoms with E-state index in [1.165, 1.54) is 6.07 Å². The Morgan fingerprint density at radius 2 is 2.12 bits per heavy atom. The Morgan fingerprint density at radius 3 is 2.85 bits per heavy atom. The highest BCUT2D eigenvalue weighted by Gasteiger charge is 2.27. The predicted octanol–water partition coefficient (Wildman–Crippen LogP) is 2.35. The van der Waals surface area contributed by atoms with E-state index in [1.807, 2.05) is 0 Å². The summed E-state index contributed by atoms with van der Waals surface area (Å²) in [6, 6.07) is 9.53. The summed E-state index contributed by atoms with van der Waals surface area (Å²) in [6.45, 7) is 0.0198. The first kappa shape index (κ1) is 17.7. The van der Waals surface area contributed by atoms with Crippen molar-refractivity contribution in [3.8, 4) is 17.2 Å². The number of nitro benzene ring substituents is 1. The van der Waals surface area contributed by atoms with Gasteiger partial charge in [0.2, 0.25) is 11.9 Å². The highest BCUT2D eigenvalue weighted by Crippen LogP contribution is 2.32. The molecule has 10 heteroatoms. The molecule has 3 rings (SSSR count). The monoisotopic (exact) mass is 421 g/mol. The number of fused-ring (bicyclic) bond motifs is 1. The molecule has 1 heterocycles. The van der Waals surface area contributed by atoms with Gasteiger partial charge in [-0.1, -0.05) is 28.1 Å². The number of amides is 1. The van der Waals surface area contributed by atoms with Gasteiger partial charge in [-0.15, -0.1) is 0 Å². The van der Waals surface area contributed by atoms with Gasteiger partial charge >= 0.3 is 5.69 Å². The summed E-state index contributed by atoms with van der Waals surface area (Å²) in [5, 5.41) is 24.5. The lowest BCUT2D eigenvalue weighted by Crippen LogP contribution is -2.42. The van der Waals surface area contributed by atoms with E-state index in [-0.39, 0.29) is 12.2 Å². The van der Waals surface area contributed by atoms with E-state index >= 15 is 0 Å². The number of halogens is 1. The molecule has 1 unspecified atom stereocenters. The molecular weight excluding hydrogens is 410 g/mol. The van der Waals surface area contributed by atoms with E-state index < -0.39 is 28.4 Å². The normalized spacial score (nSPS) is 15.7. The van der Waals surface area contributed by atoms with Crippen LogP contribution in [0.1, 0.15) is 5.56 Å². The zero-order valence-corrected chi connectivity index (χ0v) is 14.7. The van der Waals surface area contributed by atoms with Crippen LogP contribution in [0.15, 0.2) is 46.0 Å². The number of nitrogens with zero attached hydrogens (tertiary/aromatic N) is 2. The molecule has 0 radical (unpaired) electrons. The van der Waals surface area contributed by atoms with E-state index in [4.69, 9.17) is 9.47 Å². The minimum atomic E-state index is -0.896. The summed E-state index contributed by atoms with van der Waals surface area (Å²) in [7, 11) is 0. The van der Waals surface area contributed by atoms with E-state index in [1.54, 1.807) is 24.3 Å². The van der Waals surface area contributed by atoms with E-state index in [2.05, 4.69) is 26.5 Å². The van der Waals surface area contributed by atoms with Crippen molar-refractivity contribution in [2.24, 2.45) is 5.10 Å². The van der Waals surface area contributed by atoms with Crippen molar-refractivity contribution in [1.82, 2.24) is 5.43 Å². The lowest BCUT2D eigenvalue weighted by atomic mass is 10.2. The summed E-state index contributed by atoms with van der Waals surface area (Å²) in [5.41, 5.74) is 1.84. The lowest BCUT2D eigenvalue weighted by molar-refractivity contribution is -0.385. The smallest absolute Gasteiger partial charge is 0.312 e. The first-order valence-electron chi connectivity index (χ1n) is 7.34. The van der Waals surface area contributed by atoms with E-state index in [9.17, 15) is 20.0 Å². The lowest BCUT2D eigenvalue weighted by Gasteiger charge is -2.24. The Balaban J connectivity index is 1.68. The summed E-state index contributed by atoms with van der Waals surface area (Å²) in [6.07, 6.45) is 0.204. The maximum atomic E-state index is 12.1. The third-order valence-electron chi connectivity index (χ3n) is 3.46. The van der Waals surface area contributed by atoms with Gasteiger partial charge in [-0.05, 0) is 18.2 Å². The van der Waals surface area contributed by atoms with Gasteiger partial charge < -0.3 is 14.6 Å². The molecular formula is C16H12BrN3O6. The number of aromatic hydroxyl groups is 1. The molecule has 1 aliphatic heterocycles. The molecule has 134 valence electrons. The van der Waals surface area contributed by atoms with Crippen molar-refractivity contribution in [3.63, 3.8) is 0 Å². The quantitative estimate of drug-likeness (QED) is 0.443. The topological polar surface area (TPSA) is 123 Å². The Morgan fingerprint density at radius 1 is 1.38 bits per heavy atom. The summed E-state index contributed by atoms with van der Waals surface area (Å²) in [4.78, 5) is 22.3. The number of para-hydroxylation sites is 2. The van der Waals surface area contributed by atoms with Crippen LogP contribution in [-0.4, -0.2) is 34.9 Å². The van der Waals surface area contributed by atoms with Crippen LogP contribution in [0.4, 0.5) is 5.69 Å². The summed E-state index contributed by atoms with van der Waals surface area (Å²) < 4.78 is 11.4. The molecule has 1 aliphatic rings. The maximum Gasteiger partial charge on any atom is 0.312 e. The Labute approximate surface area is 155 Å². The van der Waals surface area contributed by atoms with Crippen LogP contribution in [0, 0.1) is 10.1 Å². The number of phenolic OH excluding ortho intramolecular Hbond substituents is 1. The van der Waals surface area contributed by atoms with Gasteiger partial charge in [-0.2, -0.15) is 5.10 Å². The fraction of sp³-hybridized carbons (Fsp3) is 0.125. The van der Waals surface area contributed by atoms with Crippen LogP contribution in [0.5, 0.6) is 17.2 Å². The minimum Gasteiger partial charge on any atom is -0.502 e. The molecule has 26 heavy (non-hydrogen) atoms. The molecule has 0 fully saturated rings. The summed E-state index contributed by atoms with van der Waals surface area (Å²) in [5.74, 6) is -0.114. The van der Waals surface area contributed by atoms with Crippen LogP contribution in [0.2, 0.25) is 0 Å². The van der Waals surface area contributed by atoms with Crippen LogP contribution in [0.3, 0.4) is 0 Å². The van der Waals surface area contributed by atoms with Crippen molar-refractivity contribution in [2.75, 3.05) is 6.61 Å². The second-order valence-corrected chi connectivity index (χ2v) is 6.13. The molecule has 1 amide bonds. The van der Waals surface area contributed by atoms with Crippen molar-refractivity contribution in [1.29, 1.82) is 0 Å². The van der Waals surface area contributed by atoms with Crippen molar-refractivity contribution >= 4 is 33.7 Å². The molecule has 0 spiro atoms. The van der Waals surface area contributed by atoms with Gasteiger partial charge in [0.15, 0.2) is 11.5 Å². The molecule has 0 saturated carbocycles. The minimum absolute atomic E-state index is 0.0198. The van der Waals surface area contributed by atoms with E-state index in [0.29, 0.717) is 16.0 Å². The number of benzene rings is 2. The zero-order chi connectivity index (χ0) is 18.7. The first-order chi connectivity index (χ1) is 12.5. The van der Waals surface area contributed by atoms with Gasteiger partial charge in [0.05, 0.1) is 11.1 Å². The molecule has 0 bridgehead atoms. The Hall–Kier alpha value is -3.14. The van der Waals surface area contributed by atoms with Crippen molar-refractivity contribution in [3.05, 3.63) is 56.5 Å². The second kappa shape index (κ2) is 7.40. The molecule has 2 N–H and O–H groups in total. The molecule has 9 nitrogen and oxygen atoms in total. The summed E-state index contributed by atoms with van der Waals surface area (Å²) >= 11 is 3.11. The van der Waals surface area contributed by atoms with Gasteiger partial charge in [0.1, 0.15) is 6.61 Å². The second-order valence-electron chi connectivity index (χ2n) is 5.22. The largest absolute Gasteiger partial charge is 0.502 e. The first-order valence-corrected chi connectivity index (χ1v) is 8.13. The molecule has 0 saturated heterocycles. The Kier molecular flexibility index (Phi) is 5.03. The number of hydrogen-bond donors (Lipinski definition) is 2. The van der Waals surface area contributed by atoms with Crippen LogP contribution in [-0.2, 0) is 4.79 Å². The molecule has 0 aromatic heterocycles. The zero-order valence-electron chi connectivity index (χ0n) is 13.1. The number of hydrogen-bond acceptors (Lipinski definition) is 7. The van der Waals surface area contributed by atoms with Crippen LogP contribution < -0.4 is 14.9 Å². The van der Waals surface area contributed by atoms with Crippen LogP contribution in [0.25, 0.3) is 0 Å². The molecule has 1 atom stereocenters. The van der Waals surface area contributed by atoms with Gasteiger partial charge in [-0.25, -0.2) is 5.43 Å². The SMILES string of the molecule is O=C(NN=Cc1cc(Br)cc([N+](=O)[O-])c1O)C1COc2ccccc2O1. The molecule has 0 aliphatic carbocycles. The van der Waals surface area contributed by atoms with Crippen LogP contribution >= 0.6 is 15.9 Å². The fourth-order valence-electron chi connectivity index (χ4n) is 2.23. The van der Waals surface area contributed by atoms with Gasteiger partial charge in [0.25, 0.3) is 5.91 Å².